The average molecular weight is 794 g/mol. The van der Waals surface area contributed by atoms with Crippen molar-refractivity contribution in [1.82, 2.24) is 14.6 Å². The van der Waals surface area contributed by atoms with Crippen LogP contribution >= 0.6 is 0 Å². The monoisotopic (exact) mass is 793 g/mol. The minimum absolute atomic E-state index is 0.00244. The Labute approximate surface area is 332 Å². The fourth-order valence-corrected chi connectivity index (χ4v) is 8.76. The summed E-state index contributed by atoms with van der Waals surface area (Å²) in [6, 6.07) is 20.4. The molecule has 2 heterocycles. The number of hydrogen-bond acceptors (Lipinski definition) is 10. The number of ether oxygens (including phenoxy) is 5. The zero-order valence-electron chi connectivity index (χ0n) is 33.7. The summed E-state index contributed by atoms with van der Waals surface area (Å²) in [7, 11) is 1.29. The zero-order chi connectivity index (χ0) is 40.1. The van der Waals surface area contributed by atoms with Crippen LogP contribution in [0.1, 0.15) is 61.3 Å². The molecule has 13 nitrogen and oxygen atoms in total. The van der Waals surface area contributed by atoms with Crippen molar-refractivity contribution in [3.8, 4) is 5.75 Å². The third kappa shape index (κ3) is 12.0. The first-order valence-electron chi connectivity index (χ1n) is 19.4. The van der Waals surface area contributed by atoms with Crippen LogP contribution in [0.15, 0.2) is 76.7 Å². The van der Waals surface area contributed by atoms with Crippen LogP contribution in [0.4, 0.5) is 5.69 Å². The Hall–Kier alpha value is -4.05. The van der Waals surface area contributed by atoms with Gasteiger partial charge in [0.25, 0.3) is 0 Å². The fraction of sp³-hybridized carbons (Fsp3) is 0.524. The topological polar surface area (TPSA) is 131 Å². The van der Waals surface area contributed by atoms with Gasteiger partial charge in [-0.1, -0.05) is 48.0 Å². The molecule has 0 radical (unpaired) electrons. The molecule has 0 bridgehead atoms. The lowest BCUT2D eigenvalue weighted by Crippen LogP contribution is -2.53. The van der Waals surface area contributed by atoms with Crippen molar-refractivity contribution in [2.75, 3.05) is 72.2 Å². The third-order valence-electron chi connectivity index (χ3n) is 9.97. The van der Waals surface area contributed by atoms with Gasteiger partial charge < -0.3 is 33.5 Å². The molecule has 2 aliphatic heterocycles. The van der Waals surface area contributed by atoms with Crippen molar-refractivity contribution < 1.29 is 36.9 Å². The van der Waals surface area contributed by atoms with Crippen LogP contribution in [0, 0.1) is 6.92 Å². The predicted molar refractivity (Wildman–Crippen MR) is 218 cm³/mol. The number of methoxy groups -OCH3 is 1. The van der Waals surface area contributed by atoms with E-state index in [1.54, 1.807) is 50.4 Å². The van der Waals surface area contributed by atoms with Crippen molar-refractivity contribution >= 4 is 28.0 Å². The molecule has 1 amide bonds. The first-order valence-corrected chi connectivity index (χ1v) is 20.9. The number of hydrogen-bond donors (Lipinski definition) is 1. The maximum absolute atomic E-state index is 14.4. The fourth-order valence-electron chi connectivity index (χ4n) is 7.12. The van der Waals surface area contributed by atoms with Gasteiger partial charge in [-0.25, -0.2) is 13.8 Å². The van der Waals surface area contributed by atoms with E-state index in [4.69, 9.17) is 23.7 Å². The largest absolute Gasteiger partial charge is 0.490 e. The SMILES string of the molecule is CCO[C@H](C)COCc1ccc([C@H]2C[C@H](CC(=O)NN=CN(C)C)N(S(=O)(=O)c3ccc(C)cc3)C[C@@H]2OCc2ccc3c(c2)N(CCCOC)CCO3)cc1. The number of nitrogens with zero attached hydrogens (tertiary/aromatic N) is 4. The molecule has 3 aromatic rings. The summed E-state index contributed by atoms with van der Waals surface area (Å²) in [4.78, 5) is 17.5. The first kappa shape index (κ1) is 43.1. The molecule has 306 valence electrons. The van der Waals surface area contributed by atoms with E-state index in [0.717, 1.165) is 53.2 Å². The van der Waals surface area contributed by atoms with E-state index in [-0.39, 0.29) is 42.4 Å². The number of amides is 1. The Bertz CT molecular complexity index is 1820. The molecular weight excluding hydrogens is 735 g/mol. The van der Waals surface area contributed by atoms with Crippen molar-refractivity contribution in [3.05, 3.63) is 89.0 Å². The summed E-state index contributed by atoms with van der Waals surface area (Å²) < 4.78 is 59.9. The minimum atomic E-state index is -4.02. The van der Waals surface area contributed by atoms with Gasteiger partial charge in [0.1, 0.15) is 18.7 Å². The van der Waals surface area contributed by atoms with E-state index in [0.29, 0.717) is 39.5 Å². The van der Waals surface area contributed by atoms with Crippen LogP contribution in [0.2, 0.25) is 0 Å². The molecule has 0 aromatic heterocycles. The second kappa shape index (κ2) is 20.9. The summed E-state index contributed by atoms with van der Waals surface area (Å²) in [6.45, 7) is 10.6. The molecular formula is C42H59N5O8S. The summed E-state index contributed by atoms with van der Waals surface area (Å²) >= 11 is 0. The van der Waals surface area contributed by atoms with E-state index in [1.165, 1.54) is 10.6 Å². The molecule has 0 unspecified atom stereocenters. The minimum Gasteiger partial charge on any atom is -0.490 e. The summed E-state index contributed by atoms with van der Waals surface area (Å²) in [5.74, 6) is 0.230. The third-order valence-corrected chi connectivity index (χ3v) is 11.9. The Morgan fingerprint density at radius 3 is 2.54 bits per heavy atom. The lowest BCUT2D eigenvalue weighted by molar-refractivity contribution is -0.122. The Balaban J connectivity index is 1.44. The van der Waals surface area contributed by atoms with Crippen molar-refractivity contribution in [1.29, 1.82) is 0 Å². The smallest absolute Gasteiger partial charge is 0.243 e. The van der Waals surface area contributed by atoms with Gasteiger partial charge >= 0.3 is 0 Å². The number of benzene rings is 3. The molecule has 0 aliphatic carbocycles. The van der Waals surface area contributed by atoms with Gasteiger partial charge in [0.05, 0.1) is 49.2 Å². The Morgan fingerprint density at radius 1 is 1.07 bits per heavy atom. The standard InChI is InChI=1S/C42H59N5O8S/c1-7-53-32(3)27-52-28-33-11-14-35(15-12-33)38-24-36(25-42(48)44-43-30-45(4)5)47(56(49,50)37-16-9-31(2)10-17-37)26-41(38)55-29-34-13-18-40-39(23-34)46(20-22-54-40)19-8-21-51-6/h9-18,23,30,32,36,38,41H,7-8,19-22,24-29H2,1-6H3,(H,44,48)/t32-,36-,38-,41+/m1/s1. The van der Waals surface area contributed by atoms with Gasteiger partial charge in [0.2, 0.25) is 15.9 Å². The van der Waals surface area contributed by atoms with E-state index in [2.05, 4.69) is 33.6 Å². The van der Waals surface area contributed by atoms with Crippen LogP contribution in [0.25, 0.3) is 0 Å². The van der Waals surface area contributed by atoms with Crippen LogP contribution in [0.3, 0.4) is 0 Å². The number of carbonyl (C=O) groups is 1. The quantitative estimate of drug-likeness (QED) is 0.0695. The van der Waals surface area contributed by atoms with E-state index in [9.17, 15) is 13.2 Å². The number of sulfonamides is 1. The predicted octanol–water partition coefficient (Wildman–Crippen LogP) is 5.32. The molecule has 1 fully saturated rings. The molecule has 1 N–H and O–H groups in total. The normalized spacial score (nSPS) is 19.4. The number of piperidine rings is 1. The van der Waals surface area contributed by atoms with Crippen molar-refractivity contribution in [3.63, 3.8) is 0 Å². The lowest BCUT2D eigenvalue weighted by atomic mass is 9.83. The number of hydrazone groups is 1. The molecule has 14 heteroatoms. The van der Waals surface area contributed by atoms with Gasteiger partial charge in [-0.15, -0.1) is 0 Å². The molecule has 1 saturated heterocycles. The lowest BCUT2D eigenvalue weighted by Gasteiger charge is -2.43. The van der Waals surface area contributed by atoms with Gasteiger partial charge in [0.15, 0.2) is 0 Å². The summed E-state index contributed by atoms with van der Waals surface area (Å²) in [5, 5.41) is 4.03. The Morgan fingerprint density at radius 2 is 1.82 bits per heavy atom. The van der Waals surface area contributed by atoms with E-state index in [1.807, 2.05) is 45.0 Å². The van der Waals surface area contributed by atoms with Crippen LogP contribution in [-0.4, -0.2) is 115 Å². The second-order valence-electron chi connectivity index (χ2n) is 14.7. The molecule has 0 spiro atoms. The molecule has 4 atom stereocenters. The zero-order valence-corrected chi connectivity index (χ0v) is 34.5. The molecule has 5 rings (SSSR count). The first-order chi connectivity index (χ1) is 27.0. The van der Waals surface area contributed by atoms with Gasteiger partial charge in [0, 0.05) is 65.9 Å². The number of anilines is 1. The molecule has 56 heavy (non-hydrogen) atoms. The van der Waals surface area contributed by atoms with E-state index < -0.39 is 22.2 Å². The molecule has 3 aromatic carbocycles. The highest BCUT2D eigenvalue weighted by atomic mass is 32.2. The van der Waals surface area contributed by atoms with Crippen molar-refractivity contribution in [2.24, 2.45) is 5.10 Å². The van der Waals surface area contributed by atoms with Crippen LogP contribution in [0.5, 0.6) is 5.75 Å². The highest BCUT2D eigenvalue weighted by Gasteiger charge is 2.43. The maximum atomic E-state index is 14.4. The number of carbonyl (C=O) groups excluding carboxylic acids is 1. The summed E-state index contributed by atoms with van der Waals surface area (Å²) in [6.07, 6.45) is 2.13. The highest BCUT2D eigenvalue weighted by molar-refractivity contribution is 7.89. The number of aryl methyl sites for hydroxylation is 1. The summed E-state index contributed by atoms with van der Waals surface area (Å²) in [5.41, 5.74) is 7.48. The van der Waals surface area contributed by atoms with Crippen molar-refractivity contribution in [2.45, 2.75) is 82.3 Å². The van der Waals surface area contributed by atoms with Gasteiger partial charge in [-0.2, -0.15) is 9.41 Å². The molecule has 2 aliphatic rings. The number of nitrogens with one attached hydrogen (secondary N) is 1. The number of fused-ring (bicyclic) bond motifs is 1. The maximum Gasteiger partial charge on any atom is 0.243 e. The molecule has 0 saturated carbocycles. The second-order valence-corrected chi connectivity index (χ2v) is 16.6. The average Bonchev–Trinajstić information content (AvgIpc) is 3.17. The van der Waals surface area contributed by atoms with E-state index >= 15 is 0 Å². The Kier molecular flexibility index (Phi) is 16.1. The number of rotatable bonds is 20. The van der Waals surface area contributed by atoms with Crippen LogP contribution < -0.4 is 15.1 Å². The van der Waals surface area contributed by atoms with Gasteiger partial charge in [-0.3, -0.25) is 4.79 Å². The van der Waals surface area contributed by atoms with Crippen LogP contribution in [-0.2, 0) is 47.0 Å². The van der Waals surface area contributed by atoms with Gasteiger partial charge in [-0.05, 0) is 74.6 Å². The highest BCUT2D eigenvalue weighted by Crippen LogP contribution is 2.39.